The molecule has 6 unspecified atom stereocenters. The average molecular weight is 1020 g/mol. The van der Waals surface area contributed by atoms with Gasteiger partial charge in [0.2, 0.25) is 5.91 Å². The molecule has 0 spiro atoms. The van der Waals surface area contributed by atoms with Gasteiger partial charge in [0.1, 0.15) is 6.61 Å². The van der Waals surface area contributed by atoms with Crippen LogP contribution in [0.4, 0.5) is 11.4 Å². The summed E-state index contributed by atoms with van der Waals surface area (Å²) >= 11 is 0. The fourth-order valence-corrected chi connectivity index (χ4v) is 6.95. The second-order valence-corrected chi connectivity index (χ2v) is 16.9. The van der Waals surface area contributed by atoms with Crippen molar-refractivity contribution in [2.45, 2.75) is 125 Å². The number of amides is 3. The van der Waals surface area contributed by atoms with E-state index in [1.54, 1.807) is 68.5 Å². The minimum absolute atomic E-state index is 0.0548. The zero-order chi connectivity index (χ0) is 54.1. The molecular weight excluding hydrogens is 955 g/mol. The number of aryl methyl sites for hydroxylation is 1. The van der Waals surface area contributed by atoms with Gasteiger partial charge in [0.05, 0.1) is 17.6 Å². The maximum absolute atomic E-state index is 13.1. The highest BCUT2D eigenvalue weighted by atomic mass is 16.7. The molecule has 3 amide bonds. The second-order valence-electron chi connectivity index (χ2n) is 16.9. The Bertz CT molecular complexity index is 2570. The number of nitrogens with zero attached hydrogens (tertiary/aromatic N) is 1. The van der Waals surface area contributed by atoms with Gasteiger partial charge in [-0.1, -0.05) is 44.2 Å². The number of carbonyl (C=O) groups is 10. The van der Waals surface area contributed by atoms with Crippen LogP contribution in [0.2, 0.25) is 0 Å². The number of hydrogen-bond acceptors (Lipinski definition) is 18. The van der Waals surface area contributed by atoms with E-state index in [0.717, 1.165) is 33.9 Å². The van der Waals surface area contributed by atoms with E-state index in [0.29, 0.717) is 63.7 Å². The topological polar surface area (TPSA) is 290 Å². The van der Waals surface area contributed by atoms with E-state index in [1.807, 2.05) is 0 Å². The van der Waals surface area contributed by atoms with Crippen molar-refractivity contribution in [1.29, 1.82) is 0 Å². The number of hydrogen-bond donors (Lipinski definition) is 4. The van der Waals surface area contributed by atoms with Crippen molar-refractivity contribution in [3.05, 3.63) is 82.2 Å². The minimum Gasteiger partial charge on any atom is -0.458 e. The summed E-state index contributed by atoms with van der Waals surface area (Å²) < 4.78 is 35.3. The predicted molar refractivity (Wildman–Crippen MR) is 261 cm³/mol. The third kappa shape index (κ3) is 16.9. The lowest BCUT2D eigenvalue weighted by Gasteiger charge is -2.20. The van der Waals surface area contributed by atoms with Gasteiger partial charge in [-0.05, 0) is 104 Å². The summed E-state index contributed by atoms with van der Waals surface area (Å²) in [6.07, 6.45) is -8.37. The van der Waals surface area contributed by atoms with Crippen LogP contribution < -0.4 is 16.0 Å². The molecular formula is C51H63N5O17. The third-order valence-electron chi connectivity index (χ3n) is 11.2. The molecule has 0 fully saturated rings. The van der Waals surface area contributed by atoms with Gasteiger partial charge in [0.25, 0.3) is 11.8 Å². The minimum atomic E-state index is -1.62. The largest absolute Gasteiger partial charge is 0.458 e. The number of esters is 7. The highest BCUT2D eigenvalue weighted by Gasteiger charge is 2.33. The number of ether oxygens (including phenoxy) is 7. The SMILES string of the molecule is CCN(CC)CCNC(=O)c1c(C)[nH]c(/C=C2\C(=O)Nc3ccc(NC(=O)CCC(=O)OC(C)C(=O)OC(C)C(=O)OC(C)C(=O)OC(C)C(=O)OC(C)C(=O)OC(C)C(=O)OCc4ccccc4)cc32)c1C. The number of nitrogens with one attached hydrogen (secondary N) is 4. The molecule has 4 N–H and O–H groups in total. The molecule has 1 aliphatic heterocycles. The van der Waals surface area contributed by atoms with Gasteiger partial charge in [-0.2, -0.15) is 0 Å². The smallest absolute Gasteiger partial charge is 0.347 e. The molecule has 22 heteroatoms. The van der Waals surface area contributed by atoms with Gasteiger partial charge in [-0.15, -0.1) is 0 Å². The highest BCUT2D eigenvalue weighted by Crippen LogP contribution is 2.36. The van der Waals surface area contributed by atoms with E-state index in [1.165, 1.54) is 20.8 Å². The molecule has 1 aromatic heterocycles. The molecule has 3 aromatic rings. The summed E-state index contributed by atoms with van der Waals surface area (Å²) in [6.45, 7) is 17.5. The number of fused-ring (bicyclic) bond motifs is 1. The summed E-state index contributed by atoms with van der Waals surface area (Å²) in [5, 5.41) is 8.43. The van der Waals surface area contributed by atoms with E-state index in [4.69, 9.17) is 33.2 Å². The number of aromatic amines is 1. The first-order valence-corrected chi connectivity index (χ1v) is 23.6. The van der Waals surface area contributed by atoms with Crippen LogP contribution in [0.3, 0.4) is 0 Å². The number of likely N-dealkylation sites (N-methyl/N-ethyl adjacent to an activating group) is 1. The Morgan fingerprint density at radius 3 is 1.68 bits per heavy atom. The van der Waals surface area contributed by atoms with E-state index in [2.05, 4.69) is 39.7 Å². The number of rotatable bonds is 25. The number of carbonyl (C=O) groups excluding carboxylic acids is 10. The number of aromatic nitrogens is 1. The molecule has 4 rings (SSSR count). The van der Waals surface area contributed by atoms with Crippen molar-refractivity contribution in [3.63, 3.8) is 0 Å². The Labute approximate surface area is 422 Å². The summed E-state index contributed by atoms with van der Waals surface area (Å²) in [6, 6.07) is 13.6. The average Bonchev–Trinajstić information content (AvgIpc) is 3.82. The van der Waals surface area contributed by atoms with E-state index >= 15 is 0 Å². The van der Waals surface area contributed by atoms with Crippen molar-refractivity contribution in [2.24, 2.45) is 0 Å². The lowest BCUT2D eigenvalue weighted by Crippen LogP contribution is -2.39. The maximum Gasteiger partial charge on any atom is 0.347 e. The van der Waals surface area contributed by atoms with E-state index in [9.17, 15) is 47.9 Å². The number of anilines is 2. The fraction of sp³-hybridized carbons (Fsp3) is 0.451. The first-order valence-electron chi connectivity index (χ1n) is 23.6. The molecule has 2 aromatic carbocycles. The maximum atomic E-state index is 13.1. The molecule has 2 heterocycles. The normalized spacial score (nSPS) is 14.7. The molecule has 394 valence electrons. The molecule has 0 radical (unpaired) electrons. The van der Waals surface area contributed by atoms with Crippen molar-refractivity contribution in [1.82, 2.24) is 15.2 Å². The molecule has 0 saturated carbocycles. The van der Waals surface area contributed by atoms with Crippen LogP contribution in [0.25, 0.3) is 11.6 Å². The Hall–Kier alpha value is -7.88. The Morgan fingerprint density at radius 2 is 1.16 bits per heavy atom. The number of benzene rings is 2. The molecule has 0 aliphatic carbocycles. The van der Waals surface area contributed by atoms with E-state index < -0.39 is 90.7 Å². The predicted octanol–water partition coefficient (Wildman–Crippen LogP) is 4.25. The van der Waals surface area contributed by atoms with Crippen LogP contribution >= 0.6 is 0 Å². The van der Waals surface area contributed by atoms with Gasteiger partial charge < -0.3 is 59.0 Å². The van der Waals surface area contributed by atoms with Gasteiger partial charge in [0.15, 0.2) is 36.6 Å². The van der Waals surface area contributed by atoms with Gasteiger partial charge in [-0.3, -0.25) is 19.2 Å². The molecule has 0 saturated heterocycles. The first-order chi connectivity index (χ1) is 34.5. The zero-order valence-corrected chi connectivity index (χ0v) is 42.5. The van der Waals surface area contributed by atoms with Gasteiger partial charge in [0, 0.05) is 47.8 Å². The Balaban J connectivity index is 1.18. The lowest BCUT2D eigenvalue weighted by molar-refractivity contribution is -0.188. The van der Waals surface area contributed by atoms with Crippen LogP contribution in [0.1, 0.15) is 107 Å². The zero-order valence-electron chi connectivity index (χ0n) is 42.5. The monoisotopic (exact) mass is 1020 g/mol. The summed E-state index contributed by atoms with van der Waals surface area (Å²) in [7, 11) is 0. The molecule has 73 heavy (non-hydrogen) atoms. The Morgan fingerprint density at radius 1 is 0.658 bits per heavy atom. The molecule has 22 nitrogen and oxygen atoms in total. The highest BCUT2D eigenvalue weighted by molar-refractivity contribution is 6.35. The van der Waals surface area contributed by atoms with Crippen molar-refractivity contribution in [2.75, 3.05) is 36.8 Å². The summed E-state index contributed by atoms with van der Waals surface area (Å²) in [5.41, 5.74) is 4.66. The summed E-state index contributed by atoms with van der Waals surface area (Å²) in [4.78, 5) is 132. The van der Waals surface area contributed by atoms with Crippen LogP contribution in [-0.4, -0.2) is 132 Å². The van der Waals surface area contributed by atoms with Crippen molar-refractivity contribution >= 4 is 82.5 Å². The molecule has 1 aliphatic rings. The fourth-order valence-electron chi connectivity index (χ4n) is 6.95. The van der Waals surface area contributed by atoms with Gasteiger partial charge in [-0.25, -0.2) is 28.8 Å². The molecule has 6 atom stereocenters. The van der Waals surface area contributed by atoms with Crippen LogP contribution in [0, 0.1) is 13.8 Å². The quantitative estimate of drug-likeness (QED) is 0.0524. The number of H-pyrrole nitrogens is 1. The van der Waals surface area contributed by atoms with Crippen LogP contribution in [0.5, 0.6) is 0 Å². The van der Waals surface area contributed by atoms with E-state index in [-0.39, 0.29) is 24.8 Å². The van der Waals surface area contributed by atoms with Crippen molar-refractivity contribution in [3.8, 4) is 0 Å². The standard InChI is InChI=1S/C51H63N5O17/c1-11-56(12-2)23-22-52-45(60)43-27(3)40(53-28(43)4)25-38-37-24-36(18-19-39(37)55-44(38)59)54-41(57)20-21-42(58)68-30(6)47(62)70-32(8)49(64)72-34(10)51(66)73-33(9)50(65)71-31(7)48(63)69-29(5)46(61)67-26-35-16-14-13-15-17-35/h13-19,24-25,29-34,53H,11-12,20-23,26H2,1-10H3,(H,52,60)(H,54,57)(H,55,59)/b38-25-. The second kappa shape index (κ2) is 27.1. The van der Waals surface area contributed by atoms with Crippen LogP contribution in [0.15, 0.2) is 48.5 Å². The summed E-state index contributed by atoms with van der Waals surface area (Å²) in [5.74, 6) is -8.78. The molecule has 0 bridgehead atoms. The van der Waals surface area contributed by atoms with Gasteiger partial charge >= 0.3 is 41.8 Å². The van der Waals surface area contributed by atoms with Crippen molar-refractivity contribution < 1.29 is 81.1 Å². The van der Waals surface area contributed by atoms with Crippen LogP contribution in [-0.2, 0) is 82.9 Å². The lowest BCUT2D eigenvalue weighted by atomic mass is 10.0. The Kier molecular flexibility index (Phi) is 21.4. The third-order valence-corrected chi connectivity index (χ3v) is 11.2. The first kappa shape index (κ1) is 57.7.